The van der Waals surface area contributed by atoms with Gasteiger partial charge in [0.1, 0.15) is 6.10 Å². The summed E-state index contributed by atoms with van der Waals surface area (Å²) in [6.07, 6.45) is 6.59. The number of halogens is 1. The van der Waals surface area contributed by atoms with Crippen molar-refractivity contribution in [1.29, 1.82) is 0 Å². The average molecular weight is 221 g/mol. The molecule has 0 rings (SSSR count). The highest BCUT2D eigenvalue weighted by Gasteiger charge is 2.10. The van der Waals surface area contributed by atoms with Crippen molar-refractivity contribution in [3.8, 4) is 0 Å². The summed E-state index contributed by atoms with van der Waals surface area (Å²) in [5, 5.41) is 0. The predicted octanol–water partition coefficient (Wildman–Crippen LogP) is 3.52. The van der Waals surface area contributed by atoms with Gasteiger partial charge in [-0.25, -0.2) is 0 Å². The van der Waals surface area contributed by atoms with Gasteiger partial charge in [0.15, 0.2) is 0 Å². The fourth-order valence-corrected chi connectivity index (χ4v) is 1.66. The zero-order valence-corrected chi connectivity index (χ0v) is 9.98. The monoisotopic (exact) mass is 220 g/mol. The third kappa shape index (κ3) is 8.36. The molecule has 0 amide bonds. The minimum atomic E-state index is -0.199. The van der Waals surface area contributed by atoms with Crippen LogP contribution in [0, 0.1) is 0 Å². The van der Waals surface area contributed by atoms with E-state index in [0.717, 1.165) is 19.3 Å². The highest BCUT2D eigenvalue weighted by molar-refractivity contribution is 6.17. The normalized spacial score (nSPS) is 12.5. The minimum absolute atomic E-state index is 0.0295. The van der Waals surface area contributed by atoms with E-state index in [0.29, 0.717) is 5.88 Å². The molecular formula is C11H21ClO2. The lowest BCUT2D eigenvalue weighted by molar-refractivity contribution is -0.146. The molecule has 84 valence electrons. The van der Waals surface area contributed by atoms with Crippen LogP contribution in [-0.4, -0.2) is 18.0 Å². The van der Waals surface area contributed by atoms with Crippen LogP contribution in [-0.2, 0) is 9.53 Å². The second kappa shape index (κ2) is 9.32. The Morgan fingerprint density at radius 3 is 2.50 bits per heavy atom. The van der Waals surface area contributed by atoms with Gasteiger partial charge in [0.2, 0.25) is 0 Å². The molecule has 0 aliphatic carbocycles. The van der Waals surface area contributed by atoms with Gasteiger partial charge in [-0.3, -0.25) is 4.79 Å². The molecular weight excluding hydrogens is 200 g/mol. The lowest BCUT2D eigenvalue weighted by Gasteiger charge is -2.15. The van der Waals surface area contributed by atoms with Gasteiger partial charge in [0.05, 0.1) is 0 Å². The fourth-order valence-electron chi connectivity index (χ4n) is 1.42. The Hall–Kier alpha value is -0.240. The summed E-state index contributed by atoms with van der Waals surface area (Å²) in [5.74, 6) is 0.363. The average Bonchev–Trinajstić information content (AvgIpc) is 2.12. The molecule has 0 aromatic rings. The molecule has 3 heteroatoms. The number of alkyl halides is 1. The molecule has 0 spiro atoms. The van der Waals surface area contributed by atoms with E-state index >= 15 is 0 Å². The largest absolute Gasteiger partial charge is 0.463 e. The van der Waals surface area contributed by atoms with Gasteiger partial charge in [-0.05, 0) is 19.3 Å². The van der Waals surface area contributed by atoms with Crippen molar-refractivity contribution in [2.75, 3.05) is 5.88 Å². The van der Waals surface area contributed by atoms with E-state index in [1.54, 1.807) is 0 Å². The summed E-state index contributed by atoms with van der Waals surface area (Å²) < 4.78 is 5.15. The summed E-state index contributed by atoms with van der Waals surface area (Å²) >= 11 is 5.63. The first-order chi connectivity index (χ1) is 6.70. The number of hydrogen-bond acceptors (Lipinski definition) is 2. The van der Waals surface area contributed by atoms with E-state index in [1.807, 2.05) is 0 Å². The Morgan fingerprint density at radius 2 is 2.00 bits per heavy atom. The van der Waals surface area contributed by atoms with Gasteiger partial charge in [-0.2, -0.15) is 0 Å². The second-order valence-corrected chi connectivity index (χ2v) is 3.94. The number of ether oxygens (including phenoxy) is 1. The van der Waals surface area contributed by atoms with Gasteiger partial charge >= 0.3 is 5.97 Å². The molecule has 2 nitrogen and oxygen atoms in total. The summed E-state index contributed by atoms with van der Waals surface area (Å²) in [7, 11) is 0. The van der Waals surface area contributed by atoms with Crippen LogP contribution in [0.4, 0.5) is 0 Å². The molecule has 0 aromatic carbocycles. The Morgan fingerprint density at radius 1 is 1.29 bits per heavy atom. The Kier molecular flexibility index (Phi) is 9.16. The Balaban J connectivity index is 3.56. The zero-order valence-electron chi connectivity index (χ0n) is 9.22. The number of hydrogen-bond donors (Lipinski definition) is 0. The topological polar surface area (TPSA) is 26.3 Å². The molecule has 0 radical (unpaired) electrons. The van der Waals surface area contributed by atoms with Crippen molar-refractivity contribution in [2.24, 2.45) is 0 Å². The lowest BCUT2D eigenvalue weighted by Crippen LogP contribution is -2.16. The fraction of sp³-hybridized carbons (Fsp3) is 0.909. The molecule has 0 saturated carbocycles. The van der Waals surface area contributed by atoms with E-state index in [1.165, 1.54) is 26.2 Å². The summed E-state index contributed by atoms with van der Waals surface area (Å²) in [5.41, 5.74) is 0. The second-order valence-electron chi connectivity index (χ2n) is 3.56. The zero-order chi connectivity index (χ0) is 10.8. The first-order valence-electron chi connectivity index (χ1n) is 5.43. The van der Waals surface area contributed by atoms with Gasteiger partial charge in [-0.15, -0.1) is 11.6 Å². The van der Waals surface area contributed by atoms with Crippen LogP contribution in [0.1, 0.15) is 52.4 Å². The molecule has 0 saturated heterocycles. The Bertz CT molecular complexity index is 148. The maximum Gasteiger partial charge on any atom is 0.302 e. The number of esters is 1. The van der Waals surface area contributed by atoms with E-state index in [9.17, 15) is 4.79 Å². The molecule has 0 aromatic heterocycles. The quantitative estimate of drug-likeness (QED) is 0.356. The van der Waals surface area contributed by atoms with Crippen molar-refractivity contribution in [3.05, 3.63) is 0 Å². The summed E-state index contributed by atoms with van der Waals surface area (Å²) in [4.78, 5) is 10.8. The number of rotatable bonds is 8. The molecule has 0 bridgehead atoms. The van der Waals surface area contributed by atoms with Gasteiger partial charge in [0.25, 0.3) is 0 Å². The predicted molar refractivity (Wildman–Crippen MR) is 59.7 cm³/mol. The molecule has 0 aliphatic rings. The SMILES string of the molecule is CCCCCCC(CCCl)OC(C)=O. The van der Waals surface area contributed by atoms with Crippen LogP contribution in [0.5, 0.6) is 0 Å². The van der Waals surface area contributed by atoms with Crippen LogP contribution in [0.3, 0.4) is 0 Å². The summed E-state index contributed by atoms with van der Waals surface area (Å²) in [6.45, 7) is 3.63. The first-order valence-corrected chi connectivity index (χ1v) is 5.97. The highest BCUT2D eigenvalue weighted by Crippen LogP contribution is 2.12. The van der Waals surface area contributed by atoms with Crippen LogP contribution < -0.4 is 0 Å². The molecule has 1 unspecified atom stereocenters. The molecule has 0 N–H and O–H groups in total. The lowest BCUT2D eigenvalue weighted by atomic mass is 10.1. The maximum atomic E-state index is 10.8. The molecule has 0 fully saturated rings. The van der Waals surface area contributed by atoms with E-state index < -0.39 is 0 Å². The van der Waals surface area contributed by atoms with Crippen molar-refractivity contribution in [2.45, 2.75) is 58.5 Å². The van der Waals surface area contributed by atoms with E-state index in [-0.39, 0.29) is 12.1 Å². The number of carbonyl (C=O) groups excluding carboxylic acids is 1. The highest BCUT2D eigenvalue weighted by atomic mass is 35.5. The standard InChI is InChI=1S/C11H21ClO2/c1-3-4-5-6-7-11(8-9-12)14-10(2)13/h11H,3-9H2,1-2H3. The number of unbranched alkanes of at least 4 members (excludes halogenated alkanes) is 3. The van der Waals surface area contributed by atoms with E-state index in [2.05, 4.69) is 6.92 Å². The van der Waals surface area contributed by atoms with Crippen LogP contribution in [0.2, 0.25) is 0 Å². The third-order valence-electron chi connectivity index (χ3n) is 2.14. The molecule has 0 aliphatic heterocycles. The minimum Gasteiger partial charge on any atom is -0.463 e. The van der Waals surface area contributed by atoms with Crippen LogP contribution >= 0.6 is 11.6 Å². The van der Waals surface area contributed by atoms with Gasteiger partial charge < -0.3 is 4.74 Å². The summed E-state index contributed by atoms with van der Waals surface area (Å²) in [6, 6.07) is 0. The van der Waals surface area contributed by atoms with Crippen molar-refractivity contribution >= 4 is 17.6 Å². The van der Waals surface area contributed by atoms with Gasteiger partial charge in [-0.1, -0.05) is 26.2 Å². The van der Waals surface area contributed by atoms with Crippen LogP contribution in [0.15, 0.2) is 0 Å². The van der Waals surface area contributed by atoms with E-state index in [4.69, 9.17) is 16.3 Å². The molecule has 14 heavy (non-hydrogen) atoms. The van der Waals surface area contributed by atoms with Crippen molar-refractivity contribution in [1.82, 2.24) is 0 Å². The smallest absolute Gasteiger partial charge is 0.302 e. The number of carbonyl (C=O) groups is 1. The molecule has 0 heterocycles. The van der Waals surface area contributed by atoms with Gasteiger partial charge in [0, 0.05) is 12.8 Å². The van der Waals surface area contributed by atoms with Crippen LogP contribution in [0.25, 0.3) is 0 Å². The third-order valence-corrected chi connectivity index (χ3v) is 2.36. The maximum absolute atomic E-state index is 10.8. The molecule has 1 atom stereocenters. The first kappa shape index (κ1) is 13.8. The Labute approximate surface area is 92.0 Å². The van der Waals surface area contributed by atoms with Crippen molar-refractivity contribution in [3.63, 3.8) is 0 Å². The van der Waals surface area contributed by atoms with Crippen molar-refractivity contribution < 1.29 is 9.53 Å².